The number of nitrogens with zero attached hydrogens (tertiary/aromatic N) is 1. The molecule has 1 N–H and O–H groups in total. The van der Waals surface area contributed by atoms with Crippen LogP contribution in [0.5, 0.6) is 0 Å². The molecule has 22 heavy (non-hydrogen) atoms. The van der Waals surface area contributed by atoms with Crippen LogP contribution in [0, 0.1) is 6.92 Å². The molecule has 0 aliphatic carbocycles. The number of pyridine rings is 1. The van der Waals surface area contributed by atoms with Gasteiger partial charge in [-0.25, -0.2) is 4.98 Å². The van der Waals surface area contributed by atoms with Crippen molar-refractivity contribution in [2.24, 2.45) is 0 Å². The number of aromatic nitrogens is 1. The molecule has 0 atom stereocenters. The Hall–Kier alpha value is -1.40. The molecule has 1 aromatic rings. The molecule has 1 amide bonds. The lowest BCUT2D eigenvalue weighted by Crippen LogP contribution is -2.41. The predicted octanol–water partition coefficient (Wildman–Crippen LogP) is 2.43. The minimum absolute atomic E-state index is 0.0290. The third-order valence-corrected chi connectivity index (χ3v) is 4.40. The van der Waals surface area contributed by atoms with E-state index in [9.17, 15) is 4.79 Å². The lowest BCUT2D eigenvalue weighted by molar-refractivity contribution is -0.116. The number of nitrogens with one attached hydrogen (secondary N) is 1. The molecular formula is C16H25BN2O3. The fourth-order valence-corrected chi connectivity index (χ4v) is 2.26. The Bertz CT molecular complexity index is 557. The maximum Gasteiger partial charge on any atom is 0.495 e. The molecule has 5 nitrogen and oxygen atoms in total. The van der Waals surface area contributed by atoms with Crippen LogP contribution in [0.1, 0.15) is 53.0 Å². The average Bonchev–Trinajstić information content (AvgIpc) is 2.61. The van der Waals surface area contributed by atoms with Crippen molar-refractivity contribution in [3.63, 3.8) is 0 Å². The number of amides is 1. The topological polar surface area (TPSA) is 60.5 Å². The minimum Gasteiger partial charge on any atom is -0.399 e. The van der Waals surface area contributed by atoms with E-state index < -0.39 is 7.12 Å². The van der Waals surface area contributed by atoms with Crippen LogP contribution in [-0.2, 0) is 14.1 Å². The summed E-state index contributed by atoms with van der Waals surface area (Å²) >= 11 is 0. The minimum atomic E-state index is -0.449. The summed E-state index contributed by atoms with van der Waals surface area (Å²) in [6.07, 6.45) is 3.03. The van der Waals surface area contributed by atoms with Crippen molar-refractivity contribution >= 4 is 24.3 Å². The van der Waals surface area contributed by atoms with E-state index in [0.29, 0.717) is 12.2 Å². The van der Waals surface area contributed by atoms with Crippen LogP contribution in [0.2, 0.25) is 0 Å². The van der Waals surface area contributed by atoms with Crippen molar-refractivity contribution in [3.8, 4) is 0 Å². The molecule has 0 radical (unpaired) electrons. The van der Waals surface area contributed by atoms with E-state index in [1.54, 1.807) is 6.20 Å². The molecule has 1 saturated heterocycles. The second-order valence-corrected chi connectivity index (χ2v) is 6.81. The van der Waals surface area contributed by atoms with Gasteiger partial charge in [-0.3, -0.25) is 4.79 Å². The normalized spacial score (nSPS) is 19.3. The molecule has 2 rings (SSSR count). The molecule has 1 aliphatic heterocycles. The SMILES string of the molecule is CCCC(=O)Nc1cc(B2OC(C)(C)C(C)(C)O2)c(C)cn1. The third-order valence-electron chi connectivity index (χ3n) is 4.40. The van der Waals surface area contributed by atoms with Crippen LogP contribution in [-0.4, -0.2) is 29.2 Å². The monoisotopic (exact) mass is 304 g/mol. The Balaban J connectivity index is 2.23. The summed E-state index contributed by atoms with van der Waals surface area (Å²) in [5.41, 5.74) is 1.10. The van der Waals surface area contributed by atoms with Crippen molar-refractivity contribution in [3.05, 3.63) is 17.8 Å². The number of carbonyl (C=O) groups excluding carboxylic acids is 1. The number of aryl methyl sites for hydroxylation is 1. The molecule has 0 unspecified atom stereocenters. The first-order valence-electron chi connectivity index (χ1n) is 7.78. The maximum atomic E-state index is 11.7. The Morgan fingerprint density at radius 1 is 1.27 bits per heavy atom. The van der Waals surface area contributed by atoms with Gasteiger partial charge in [0.1, 0.15) is 5.82 Å². The highest BCUT2D eigenvalue weighted by molar-refractivity contribution is 6.62. The number of rotatable bonds is 4. The lowest BCUT2D eigenvalue weighted by atomic mass is 9.77. The zero-order valence-electron chi connectivity index (χ0n) is 14.3. The van der Waals surface area contributed by atoms with Gasteiger partial charge < -0.3 is 14.6 Å². The number of anilines is 1. The van der Waals surface area contributed by atoms with Crippen molar-refractivity contribution in [1.82, 2.24) is 4.98 Å². The number of hydrogen-bond donors (Lipinski definition) is 1. The van der Waals surface area contributed by atoms with Gasteiger partial charge in [-0.1, -0.05) is 6.92 Å². The Labute approximate surface area is 132 Å². The smallest absolute Gasteiger partial charge is 0.399 e. The van der Waals surface area contributed by atoms with Gasteiger partial charge in [-0.15, -0.1) is 0 Å². The highest BCUT2D eigenvalue weighted by Crippen LogP contribution is 2.36. The second kappa shape index (κ2) is 6.01. The highest BCUT2D eigenvalue weighted by atomic mass is 16.7. The van der Waals surface area contributed by atoms with Gasteiger partial charge in [-0.2, -0.15) is 0 Å². The van der Waals surface area contributed by atoms with Gasteiger partial charge >= 0.3 is 7.12 Å². The van der Waals surface area contributed by atoms with E-state index in [1.807, 2.05) is 47.6 Å². The first-order chi connectivity index (χ1) is 10.2. The summed E-state index contributed by atoms with van der Waals surface area (Å²) in [5.74, 6) is 0.507. The molecular weight excluding hydrogens is 279 g/mol. The number of hydrogen-bond acceptors (Lipinski definition) is 4. The van der Waals surface area contributed by atoms with Crippen LogP contribution in [0.4, 0.5) is 5.82 Å². The van der Waals surface area contributed by atoms with Crippen LogP contribution >= 0.6 is 0 Å². The van der Waals surface area contributed by atoms with Crippen LogP contribution in [0.15, 0.2) is 12.3 Å². The van der Waals surface area contributed by atoms with E-state index >= 15 is 0 Å². The first kappa shape index (κ1) is 17.0. The fourth-order valence-electron chi connectivity index (χ4n) is 2.26. The third kappa shape index (κ3) is 3.33. The van der Waals surface area contributed by atoms with E-state index in [-0.39, 0.29) is 17.1 Å². The van der Waals surface area contributed by atoms with Crippen molar-refractivity contribution in [1.29, 1.82) is 0 Å². The zero-order valence-corrected chi connectivity index (χ0v) is 14.3. The van der Waals surface area contributed by atoms with E-state index in [0.717, 1.165) is 17.4 Å². The first-order valence-corrected chi connectivity index (χ1v) is 7.78. The Morgan fingerprint density at radius 3 is 2.41 bits per heavy atom. The fraction of sp³-hybridized carbons (Fsp3) is 0.625. The molecule has 1 fully saturated rings. The average molecular weight is 304 g/mol. The summed E-state index contributed by atoms with van der Waals surface area (Å²) < 4.78 is 12.2. The maximum absolute atomic E-state index is 11.7. The van der Waals surface area contributed by atoms with Gasteiger partial charge in [0.05, 0.1) is 11.2 Å². The quantitative estimate of drug-likeness (QED) is 0.868. The van der Waals surface area contributed by atoms with E-state index in [4.69, 9.17) is 9.31 Å². The zero-order chi connectivity index (χ0) is 16.5. The summed E-state index contributed by atoms with van der Waals surface area (Å²) in [4.78, 5) is 16.0. The molecule has 120 valence electrons. The van der Waals surface area contributed by atoms with Crippen LogP contribution in [0.25, 0.3) is 0 Å². The van der Waals surface area contributed by atoms with Gasteiger partial charge in [0.15, 0.2) is 0 Å². The van der Waals surface area contributed by atoms with Crippen molar-refractivity contribution in [2.75, 3.05) is 5.32 Å². The Morgan fingerprint density at radius 2 is 1.86 bits per heavy atom. The number of carbonyl (C=O) groups is 1. The molecule has 1 aromatic heterocycles. The highest BCUT2D eigenvalue weighted by Gasteiger charge is 2.52. The molecule has 0 bridgehead atoms. The molecule has 0 spiro atoms. The largest absolute Gasteiger partial charge is 0.495 e. The molecule has 0 aromatic carbocycles. The van der Waals surface area contributed by atoms with E-state index in [1.165, 1.54) is 0 Å². The lowest BCUT2D eigenvalue weighted by Gasteiger charge is -2.32. The summed E-state index contributed by atoms with van der Waals surface area (Å²) in [6, 6.07) is 1.84. The standard InChI is InChI=1S/C16H25BN2O3/c1-7-8-14(20)19-13-9-12(11(2)10-18-13)17-21-15(3,4)16(5,6)22-17/h9-10H,7-8H2,1-6H3,(H,18,19,20). The van der Waals surface area contributed by atoms with Crippen LogP contribution < -0.4 is 10.8 Å². The van der Waals surface area contributed by atoms with Gasteiger partial charge in [0.25, 0.3) is 0 Å². The van der Waals surface area contributed by atoms with E-state index in [2.05, 4.69) is 10.3 Å². The summed E-state index contributed by atoms with van der Waals surface area (Å²) in [7, 11) is -0.449. The summed E-state index contributed by atoms with van der Waals surface area (Å²) in [5, 5.41) is 2.81. The predicted molar refractivity (Wildman–Crippen MR) is 88.2 cm³/mol. The van der Waals surface area contributed by atoms with Gasteiger partial charge in [0.2, 0.25) is 5.91 Å². The Kier molecular flexibility index (Phi) is 4.63. The van der Waals surface area contributed by atoms with Gasteiger partial charge in [0, 0.05) is 12.6 Å². The molecule has 0 saturated carbocycles. The molecule has 2 heterocycles. The van der Waals surface area contributed by atoms with Crippen molar-refractivity contribution < 1.29 is 14.1 Å². The second-order valence-electron chi connectivity index (χ2n) is 6.81. The van der Waals surface area contributed by atoms with Crippen molar-refractivity contribution in [2.45, 2.75) is 65.6 Å². The van der Waals surface area contributed by atoms with Crippen LogP contribution in [0.3, 0.4) is 0 Å². The van der Waals surface area contributed by atoms with Gasteiger partial charge in [-0.05, 0) is 58.1 Å². The summed E-state index contributed by atoms with van der Waals surface area (Å²) in [6.45, 7) is 12.0. The molecule has 1 aliphatic rings. The molecule has 6 heteroatoms.